The fourth-order valence-corrected chi connectivity index (χ4v) is 5.25. The lowest BCUT2D eigenvalue weighted by atomic mass is 10.0. The number of carbonyl (C=O) groups is 2. The van der Waals surface area contributed by atoms with E-state index in [9.17, 15) is 19.5 Å². The van der Waals surface area contributed by atoms with Crippen molar-refractivity contribution >= 4 is 28.9 Å². The number of methoxy groups -OCH3 is 1. The van der Waals surface area contributed by atoms with E-state index in [0.717, 1.165) is 16.7 Å². The first kappa shape index (κ1) is 31.7. The number of ether oxygens (including phenoxy) is 1. The number of rotatable bonds is 12. The van der Waals surface area contributed by atoms with Crippen LogP contribution in [0.1, 0.15) is 27.8 Å². The highest BCUT2D eigenvalue weighted by atomic mass is 16.5. The SMILES string of the molecule is COc1ccc(C[C@H](Nc2nc3ccc(CN(Cc4ccncc4)C(=O)O)c(C)c3c(=O)o2)C(=O)N(C)Cc2ccccc2)cc1. The van der Waals surface area contributed by atoms with Crippen LogP contribution in [0.4, 0.5) is 10.8 Å². The van der Waals surface area contributed by atoms with Crippen LogP contribution in [0, 0.1) is 6.92 Å². The molecule has 0 fully saturated rings. The van der Waals surface area contributed by atoms with Crippen LogP contribution in [0.3, 0.4) is 0 Å². The quantitative estimate of drug-likeness (QED) is 0.191. The zero-order valence-electron chi connectivity index (χ0n) is 25.8. The second kappa shape index (κ2) is 14.4. The van der Waals surface area contributed by atoms with E-state index in [1.807, 2.05) is 54.6 Å². The smallest absolute Gasteiger partial charge is 0.407 e. The number of nitrogens with zero attached hydrogens (tertiary/aromatic N) is 4. The highest BCUT2D eigenvalue weighted by Crippen LogP contribution is 2.23. The molecular weight excluding hydrogens is 586 g/mol. The van der Waals surface area contributed by atoms with E-state index in [4.69, 9.17) is 9.15 Å². The molecule has 0 spiro atoms. The van der Waals surface area contributed by atoms with Crippen molar-refractivity contribution in [3.8, 4) is 5.75 Å². The topological polar surface area (TPSA) is 138 Å². The molecule has 2 aromatic heterocycles. The molecule has 0 aliphatic rings. The third-order valence-corrected chi connectivity index (χ3v) is 7.76. The predicted molar refractivity (Wildman–Crippen MR) is 174 cm³/mol. The minimum absolute atomic E-state index is 0.0606. The molecule has 11 nitrogen and oxygen atoms in total. The van der Waals surface area contributed by atoms with Gasteiger partial charge in [0.2, 0.25) is 5.91 Å². The molecule has 11 heteroatoms. The van der Waals surface area contributed by atoms with Gasteiger partial charge in [-0.15, -0.1) is 0 Å². The molecule has 5 rings (SSSR count). The Hall–Kier alpha value is -5.71. The first-order chi connectivity index (χ1) is 22.2. The summed E-state index contributed by atoms with van der Waals surface area (Å²) in [6.07, 6.45) is 2.42. The number of pyridine rings is 1. The molecule has 2 heterocycles. The summed E-state index contributed by atoms with van der Waals surface area (Å²) in [6.45, 7) is 2.36. The molecule has 1 atom stereocenters. The second-order valence-corrected chi connectivity index (χ2v) is 11.0. The molecule has 46 heavy (non-hydrogen) atoms. The number of carbonyl (C=O) groups excluding carboxylic acids is 1. The Bertz CT molecular complexity index is 1860. The summed E-state index contributed by atoms with van der Waals surface area (Å²) in [6, 6.07) is 23.1. The lowest BCUT2D eigenvalue weighted by Crippen LogP contribution is -2.42. The van der Waals surface area contributed by atoms with Gasteiger partial charge in [-0.3, -0.25) is 14.7 Å². The van der Waals surface area contributed by atoms with Gasteiger partial charge in [-0.05, 0) is 65.1 Å². The number of nitrogens with one attached hydrogen (secondary N) is 1. The highest BCUT2D eigenvalue weighted by Gasteiger charge is 2.25. The van der Waals surface area contributed by atoms with E-state index in [-0.39, 0.29) is 30.4 Å². The first-order valence-electron chi connectivity index (χ1n) is 14.7. The Morgan fingerprint density at radius 3 is 2.28 bits per heavy atom. The number of carboxylic acid groups (broad SMARTS) is 1. The van der Waals surface area contributed by atoms with Crippen LogP contribution in [-0.4, -0.2) is 57.1 Å². The summed E-state index contributed by atoms with van der Waals surface area (Å²) in [7, 11) is 3.31. The summed E-state index contributed by atoms with van der Waals surface area (Å²) in [5.41, 5.74) is 3.58. The van der Waals surface area contributed by atoms with Crippen molar-refractivity contribution in [2.45, 2.75) is 39.0 Å². The fraction of sp³-hybridized carbons (Fsp3) is 0.229. The van der Waals surface area contributed by atoms with Gasteiger partial charge in [-0.2, -0.15) is 4.98 Å². The van der Waals surface area contributed by atoms with Crippen LogP contribution < -0.4 is 15.7 Å². The lowest BCUT2D eigenvalue weighted by Gasteiger charge is -2.25. The fourth-order valence-electron chi connectivity index (χ4n) is 5.25. The van der Waals surface area contributed by atoms with Crippen molar-refractivity contribution in [1.29, 1.82) is 0 Å². The van der Waals surface area contributed by atoms with E-state index in [1.165, 1.54) is 4.90 Å². The van der Waals surface area contributed by atoms with Crippen molar-refractivity contribution in [1.82, 2.24) is 19.8 Å². The number of hydrogen-bond donors (Lipinski definition) is 2. The molecule has 2 amide bonds. The van der Waals surface area contributed by atoms with Crippen LogP contribution >= 0.6 is 0 Å². The summed E-state index contributed by atoms with van der Waals surface area (Å²) < 4.78 is 10.9. The van der Waals surface area contributed by atoms with Crippen molar-refractivity contribution in [2.75, 3.05) is 19.5 Å². The van der Waals surface area contributed by atoms with E-state index in [2.05, 4.69) is 15.3 Å². The van der Waals surface area contributed by atoms with E-state index >= 15 is 0 Å². The number of hydrogen-bond acceptors (Lipinski definition) is 8. The van der Waals surface area contributed by atoms with E-state index < -0.39 is 17.8 Å². The van der Waals surface area contributed by atoms with Gasteiger partial charge in [0.1, 0.15) is 11.8 Å². The van der Waals surface area contributed by atoms with E-state index in [0.29, 0.717) is 35.4 Å². The monoisotopic (exact) mass is 621 g/mol. The van der Waals surface area contributed by atoms with Crippen molar-refractivity contribution in [3.63, 3.8) is 0 Å². The largest absolute Gasteiger partial charge is 0.497 e. The molecule has 0 saturated heterocycles. The molecule has 3 aromatic carbocycles. The van der Waals surface area contributed by atoms with Crippen molar-refractivity contribution < 1.29 is 23.8 Å². The molecule has 0 saturated carbocycles. The van der Waals surface area contributed by atoms with Gasteiger partial charge in [-0.25, -0.2) is 9.59 Å². The van der Waals surface area contributed by atoms with Gasteiger partial charge in [0.15, 0.2) is 0 Å². The van der Waals surface area contributed by atoms with Crippen molar-refractivity contribution in [3.05, 3.63) is 129 Å². The van der Waals surface area contributed by atoms with Gasteiger partial charge in [0, 0.05) is 45.5 Å². The van der Waals surface area contributed by atoms with Crippen LogP contribution in [0.25, 0.3) is 10.9 Å². The summed E-state index contributed by atoms with van der Waals surface area (Å²) in [5, 5.41) is 13.2. The Kier molecular flexibility index (Phi) is 9.91. The predicted octanol–water partition coefficient (Wildman–Crippen LogP) is 5.26. The highest BCUT2D eigenvalue weighted by molar-refractivity contribution is 5.86. The Labute approximate surface area is 266 Å². The standard InChI is InChI=1S/C35H35N5O6/c1-23-27(22-40(35(43)44)21-26-15-17-36-18-16-26)11-14-29-31(23)33(42)46-34(37-29)38-30(19-24-9-12-28(45-3)13-10-24)32(41)39(2)20-25-7-5-4-6-8-25/h4-18,30H,19-22H2,1-3H3,(H,37,38)(H,43,44)/t30-/m0/s1. The molecule has 0 unspecified atom stereocenters. The zero-order chi connectivity index (χ0) is 32.6. The minimum Gasteiger partial charge on any atom is -0.497 e. The molecular formula is C35H35N5O6. The number of amides is 2. The lowest BCUT2D eigenvalue weighted by molar-refractivity contribution is -0.131. The summed E-state index contributed by atoms with van der Waals surface area (Å²) >= 11 is 0. The number of fused-ring (bicyclic) bond motifs is 1. The van der Waals surface area contributed by atoms with Crippen LogP contribution in [0.5, 0.6) is 5.75 Å². The van der Waals surface area contributed by atoms with E-state index in [1.54, 1.807) is 62.6 Å². The van der Waals surface area contributed by atoms with Gasteiger partial charge in [0.05, 0.1) is 18.0 Å². The normalized spacial score (nSPS) is 11.5. The maximum atomic E-state index is 13.8. The summed E-state index contributed by atoms with van der Waals surface area (Å²) in [4.78, 5) is 50.5. The first-order valence-corrected chi connectivity index (χ1v) is 14.7. The van der Waals surface area contributed by atoms with Gasteiger partial charge in [-0.1, -0.05) is 48.5 Å². The van der Waals surface area contributed by atoms with Gasteiger partial charge in [0.25, 0.3) is 6.01 Å². The summed E-state index contributed by atoms with van der Waals surface area (Å²) in [5.74, 6) is 0.486. The Balaban J connectivity index is 1.41. The molecule has 0 aliphatic carbocycles. The Morgan fingerprint density at radius 1 is 0.913 bits per heavy atom. The maximum absolute atomic E-state index is 13.8. The second-order valence-electron chi connectivity index (χ2n) is 11.0. The van der Waals surface area contributed by atoms with Crippen molar-refractivity contribution in [2.24, 2.45) is 0 Å². The Morgan fingerprint density at radius 2 is 1.61 bits per heavy atom. The number of likely N-dealkylation sites (N-methyl/N-ethyl adjacent to an activating group) is 1. The third kappa shape index (κ3) is 7.68. The molecule has 0 aliphatic heterocycles. The average Bonchev–Trinajstić information content (AvgIpc) is 3.06. The van der Waals surface area contributed by atoms with Gasteiger partial charge >= 0.3 is 11.7 Å². The van der Waals surface area contributed by atoms with Gasteiger partial charge < -0.3 is 24.5 Å². The third-order valence-electron chi connectivity index (χ3n) is 7.76. The van der Waals surface area contributed by atoms with Crippen LogP contribution in [0.15, 0.2) is 100 Å². The maximum Gasteiger partial charge on any atom is 0.407 e. The minimum atomic E-state index is -1.09. The number of anilines is 1. The zero-order valence-corrected chi connectivity index (χ0v) is 25.8. The molecule has 0 bridgehead atoms. The average molecular weight is 622 g/mol. The number of benzene rings is 3. The number of aryl methyl sites for hydroxylation is 1. The van der Waals surface area contributed by atoms with Crippen LogP contribution in [0.2, 0.25) is 0 Å². The molecule has 236 valence electrons. The number of aromatic nitrogens is 2. The molecule has 0 radical (unpaired) electrons. The van der Waals surface area contributed by atoms with Crippen LogP contribution in [-0.2, 0) is 30.8 Å². The molecule has 5 aromatic rings. The molecule has 2 N–H and O–H groups in total.